The molecule has 0 spiro atoms. The van der Waals surface area contributed by atoms with Crippen LogP contribution in [-0.4, -0.2) is 70.4 Å². The number of aliphatic imine (C=N–C) groups is 1. The van der Waals surface area contributed by atoms with Crippen molar-refractivity contribution < 1.29 is 19.1 Å². The van der Waals surface area contributed by atoms with Crippen molar-refractivity contribution >= 4 is 29.6 Å². The van der Waals surface area contributed by atoms with Gasteiger partial charge in [0.05, 0.1) is 12.4 Å². The number of carbonyl (C=O) groups is 1. The first kappa shape index (κ1) is 15.0. The molecule has 0 aromatic heterocycles. The first-order chi connectivity index (χ1) is 9.41. The summed E-state index contributed by atoms with van der Waals surface area (Å²) < 4.78 is 5.01. The number of quaternary nitrogens is 1. The third-order valence-corrected chi connectivity index (χ3v) is 4.29. The molecule has 0 aliphatic carbocycles. The van der Waals surface area contributed by atoms with Crippen LogP contribution in [0.2, 0.25) is 0 Å². The average Bonchev–Trinajstić information content (AvgIpc) is 2.87. The molecule has 1 fully saturated rings. The molecule has 0 aromatic rings. The lowest BCUT2D eigenvalue weighted by Crippen LogP contribution is -2.63. The second-order valence-electron chi connectivity index (χ2n) is 4.66. The Kier molecular flexibility index (Phi) is 4.14. The highest BCUT2D eigenvalue weighted by molar-refractivity contribution is 8.00. The highest BCUT2D eigenvalue weighted by atomic mass is 32.2. The van der Waals surface area contributed by atoms with E-state index in [1.807, 2.05) is 0 Å². The molecule has 20 heavy (non-hydrogen) atoms. The number of carbonyl (C=O) groups excluding carboxylic acids is 1. The zero-order chi connectivity index (χ0) is 14.9. The number of amidine groups is 1. The summed E-state index contributed by atoms with van der Waals surface area (Å²) in [5, 5.41) is 16.9. The van der Waals surface area contributed by atoms with E-state index in [-0.39, 0.29) is 12.6 Å². The van der Waals surface area contributed by atoms with E-state index in [1.54, 1.807) is 25.1 Å². The first-order valence-electron chi connectivity index (χ1n) is 6.02. The van der Waals surface area contributed by atoms with Crippen LogP contribution >= 0.6 is 11.8 Å². The molecule has 1 unspecified atom stereocenters. The van der Waals surface area contributed by atoms with Crippen molar-refractivity contribution in [2.75, 3.05) is 26.5 Å². The lowest BCUT2D eigenvalue weighted by Gasteiger charge is -2.34. The Morgan fingerprint density at radius 1 is 1.75 bits per heavy atom. The number of urea groups is 1. The Morgan fingerprint density at radius 3 is 2.90 bits per heavy atom. The van der Waals surface area contributed by atoms with Gasteiger partial charge in [-0.3, -0.25) is 0 Å². The summed E-state index contributed by atoms with van der Waals surface area (Å²) in [5.74, 6) is 0.597. The molecule has 3 atom stereocenters. The molecule has 2 aliphatic rings. The van der Waals surface area contributed by atoms with Gasteiger partial charge >= 0.3 is 12.0 Å². The van der Waals surface area contributed by atoms with Crippen LogP contribution in [0.5, 0.6) is 0 Å². The highest BCUT2D eigenvalue weighted by Crippen LogP contribution is 2.33. The minimum absolute atomic E-state index is 0.150. The fourth-order valence-corrected chi connectivity index (χ4v) is 3.03. The van der Waals surface area contributed by atoms with Gasteiger partial charge in [-0.05, 0) is 0 Å². The maximum atomic E-state index is 12.4. The van der Waals surface area contributed by atoms with E-state index in [4.69, 9.17) is 21.0 Å². The number of hydrogen-bond acceptors (Lipinski definition) is 6. The number of guanidine groups is 1. The SMILES string of the molecule is CN(C)C1=NC(=O)[N+](C(=N)N)([C@H]2CS[C@@H](CO)O2)C=C1. The second-order valence-corrected chi connectivity index (χ2v) is 5.85. The van der Waals surface area contributed by atoms with Gasteiger partial charge in [-0.2, -0.15) is 0 Å². The second kappa shape index (κ2) is 5.52. The number of amides is 2. The summed E-state index contributed by atoms with van der Waals surface area (Å²) in [6.45, 7) is -0.150. The number of nitrogens with two attached hydrogens (primary N) is 1. The average molecular weight is 300 g/mol. The molecule has 2 aliphatic heterocycles. The van der Waals surface area contributed by atoms with E-state index in [2.05, 4.69) is 4.99 Å². The standard InChI is InChI=1S/C11H18N5O3S/c1-15(2)7-3-4-16(10(12)13,11(18)14-7)8-6-20-9(5-17)19-8/h3-4,8-9,17H,5-6H2,1-2H3,(H3,12,13)/q+1/t8-,9+,16?/m1/s1. The van der Waals surface area contributed by atoms with Crippen molar-refractivity contribution in [2.45, 2.75) is 11.7 Å². The Balaban J connectivity index is 2.32. The Morgan fingerprint density at radius 2 is 2.45 bits per heavy atom. The minimum atomic E-state index is -0.647. The number of thioether (sulfide) groups is 1. The van der Waals surface area contributed by atoms with Crippen LogP contribution in [-0.2, 0) is 4.74 Å². The van der Waals surface area contributed by atoms with Gasteiger partial charge in [0.1, 0.15) is 17.5 Å². The number of hydrogen-bond donors (Lipinski definition) is 3. The van der Waals surface area contributed by atoms with Crippen LogP contribution in [0.4, 0.5) is 4.79 Å². The Labute approximate surface area is 121 Å². The number of nitrogens with zero attached hydrogens (tertiary/aromatic N) is 3. The van der Waals surface area contributed by atoms with Gasteiger partial charge in [0, 0.05) is 20.2 Å². The molecule has 0 aromatic carbocycles. The smallest absolute Gasteiger partial charge is 0.393 e. The van der Waals surface area contributed by atoms with Crippen LogP contribution in [0.25, 0.3) is 0 Å². The quantitative estimate of drug-likeness (QED) is 0.367. The van der Waals surface area contributed by atoms with Crippen molar-refractivity contribution in [3.05, 3.63) is 12.3 Å². The normalized spacial score (nSPS) is 33.1. The fourth-order valence-electron chi connectivity index (χ4n) is 2.03. The van der Waals surface area contributed by atoms with Crippen LogP contribution in [0.15, 0.2) is 17.3 Å². The molecular formula is C11H18N5O3S+. The van der Waals surface area contributed by atoms with Gasteiger partial charge in [0.2, 0.25) is 6.23 Å². The summed E-state index contributed by atoms with van der Waals surface area (Å²) in [5.41, 5.74) is 5.22. The molecule has 0 saturated carbocycles. The maximum Gasteiger partial charge on any atom is 0.459 e. The van der Waals surface area contributed by atoms with E-state index in [0.717, 1.165) is 0 Å². The zero-order valence-electron chi connectivity index (χ0n) is 11.3. The number of aliphatic hydroxyl groups is 1. The van der Waals surface area contributed by atoms with Crippen molar-refractivity contribution in [3.8, 4) is 0 Å². The predicted molar refractivity (Wildman–Crippen MR) is 76.0 cm³/mol. The molecule has 8 nitrogen and oxygen atoms in total. The summed E-state index contributed by atoms with van der Waals surface area (Å²) in [6, 6.07) is -0.562. The number of likely N-dealkylation sites (N-methyl/N-ethyl adjacent to an activating group) is 1. The van der Waals surface area contributed by atoms with E-state index >= 15 is 0 Å². The molecule has 0 bridgehead atoms. The van der Waals surface area contributed by atoms with Crippen LogP contribution in [0.1, 0.15) is 0 Å². The van der Waals surface area contributed by atoms with Gasteiger partial charge < -0.3 is 20.5 Å². The molecule has 2 rings (SSSR count). The predicted octanol–water partition coefficient (Wildman–Crippen LogP) is -0.288. The zero-order valence-corrected chi connectivity index (χ0v) is 12.1. The van der Waals surface area contributed by atoms with Gasteiger partial charge in [-0.1, -0.05) is 0 Å². The summed E-state index contributed by atoms with van der Waals surface area (Å²) >= 11 is 1.38. The molecular weight excluding hydrogens is 282 g/mol. The Bertz CT molecular complexity index is 492. The van der Waals surface area contributed by atoms with Crippen LogP contribution in [0.3, 0.4) is 0 Å². The molecule has 1 saturated heterocycles. The molecule has 2 amide bonds. The topological polar surface area (TPSA) is 112 Å². The van der Waals surface area contributed by atoms with E-state index in [9.17, 15) is 4.79 Å². The van der Waals surface area contributed by atoms with E-state index in [1.165, 1.54) is 18.0 Å². The summed E-state index contributed by atoms with van der Waals surface area (Å²) in [7, 11) is 3.54. The number of nitrogens with one attached hydrogen (secondary N) is 1. The van der Waals surface area contributed by atoms with Crippen LogP contribution in [0, 0.1) is 5.41 Å². The highest BCUT2D eigenvalue weighted by Gasteiger charge is 2.53. The molecule has 110 valence electrons. The van der Waals surface area contributed by atoms with Crippen molar-refractivity contribution in [2.24, 2.45) is 10.7 Å². The number of aliphatic hydroxyl groups excluding tert-OH is 1. The fraction of sp³-hybridized carbons (Fsp3) is 0.545. The van der Waals surface area contributed by atoms with Gasteiger partial charge in [0.15, 0.2) is 0 Å². The van der Waals surface area contributed by atoms with Gasteiger partial charge in [-0.15, -0.1) is 21.2 Å². The van der Waals surface area contributed by atoms with Crippen molar-refractivity contribution in [1.82, 2.24) is 4.90 Å². The minimum Gasteiger partial charge on any atom is -0.393 e. The van der Waals surface area contributed by atoms with Gasteiger partial charge in [0.25, 0.3) is 0 Å². The maximum absolute atomic E-state index is 12.4. The largest absolute Gasteiger partial charge is 0.459 e. The molecule has 0 radical (unpaired) electrons. The van der Waals surface area contributed by atoms with Gasteiger partial charge in [-0.25, -0.2) is 10.2 Å². The molecule has 2 heterocycles. The Hall–Kier alpha value is -1.42. The number of rotatable bonds is 2. The van der Waals surface area contributed by atoms with E-state index in [0.29, 0.717) is 11.6 Å². The summed E-state index contributed by atoms with van der Waals surface area (Å²) in [6.07, 6.45) is 2.52. The van der Waals surface area contributed by atoms with Crippen LogP contribution < -0.4 is 5.73 Å². The van der Waals surface area contributed by atoms with Crippen molar-refractivity contribution in [1.29, 1.82) is 5.41 Å². The third-order valence-electron chi connectivity index (χ3n) is 3.18. The lowest BCUT2D eigenvalue weighted by molar-refractivity contribution is -0.762. The summed E-state index contributed by atoms with van der Waals surface area (Å²) in [4.78, 5) is 18.1. The van der Waals surface area contributed by atoms with Crippen molar-refractivity contribution in [3.63, 3.8) is 0 Å². The first-order valence-corrected chi connectivity index (χ1v) is 7.07. The monoisotopic (exact) mass is 300 g/mol. The third kappa shape index (κ3) is 2.33. The number of ether oxygens (including phenoxy) is 1. The molecule has 9 heteroatoms. The van der Waals surface area contributed by atoms with E-state index < -0.39 is 22.2 Å². The lowest BCUT2D eigenvalue weighted by atomic mass is 10.3. The molecule has 4 N–H and O–H groups in total.